The first-order chi connectivity index (χ1) is 19.7. The Morgan fingerprint density at radius 2 is 1.57 bits per heavy atom. The predicted octanol–water partition coefficient (Wildman–Crippen LogP) is 3.66. The summed E-state index contributed by atoms with van der Waals surface area (Å²) in [4.78, 5) is 33.4. The van der Waals surface area contributed by atoms with Crippen LogP contribution in [0, 0.1) is 0 Å². The topological polar surface area (TPSA) is 94.3 Å². The lowest BCUT2D eigenvalue weighted by molar-refractivity contribution is -0.122. The summed E-state index contributed by atoms with van der Waals surface area (Å²) in [5.74, 6) is -0.845. The zero-order valence-electron chi connectivity index (χ0n) is 21.9. The molecule has 1 N–H and O–H groups in total. The van der Waals surface area contributed by atoms with Gasteiger partial charge in [-0.25, -0.2) is 0 Å². The number of amides is 2. The quantitative estimate of drug-likeness (QED) is 0.322. The van der Waals surface area contributed by atoms with Crippen molar-refractivity contribution < 1.29 is 14.3 Å². The van der Waals surface area contributed by atoms with Gasteiger partial charge in [-0.15, -0.1) is 0 Å². The van der Waals surface area contributed by atoms with Crippen LogP contribution in [0.1, 0.15) is 17.7 Å². The average molecular weight is 533 g/mol. The third-order valence-electron chi connectivity index (χ3n) is 7.68. The lowest BCUT2D eigenvalue weighted by Crippen LogP contribution is -2.37. The van der Waals surface area contributed by atoms with E-state index >= 15 is 0 Å². The highest BCUT2D eigenvalue weighted by Crippen LogP contribution is 2.38. The monoisotopic (exact) mass is 532 g/mol. The molecule has 5 heterocycles. The molecule has 9 heteroatoms. The summed E-state index contributed by atoms with van der Waals surface area (Å²) in [6.45, 7) is 5.08. The van der Waals surface area contributed by atoms with Crippen LogP contribution in [-0.4, -0.2) is 68.9 Å². The van der Waals surface area contributed by atoms with Crippen molar-refractivity contribution in [1.29, 1.82) is 0 Å². The van der Waals surface area contributed by atoms with E-state index in [0.717, 1.165) is 66.8 Å². The van der Waals surface area contributed by atoms with Gasteiger partial charge in [0.25, 0.3) is 11.8 Å². The molecule has 2 aliphatic heterocycles. The number of aromatic nitrogens is 4. The van der Waals surface area contributed by atoms with Crippen LogP contribution < -0.4 is 5.32 Å². The van der Waals surface area contributed by atoms with Gasteiger partial charge in [-0.05, 0) is 30.7 Å². The van der Waals surface area contributed by atoms with Crippen molar-refractivity contribution in [1.82, 2.24) is 29.5 Å². The largest absolute Gasteiger partial charge is 0.379 e. The van der Waals surface area contributed by atoms with Gasteiger partial charge in [0.15, 0.2) is 0 Å². The smallest absolute Gasteiger partial charge is 0.261 e. The van der Waals surface area contributed by atoms with Crippen molar-refractivity contribution in [3.8, 4) is 5.69 Å². The minimum Gasteiger partial charge on any atom is -0.379 e. The molecule has 0 aliphatic carbocycles. The van der Waals surface area contributed by atoms with E-state index in [9.17, 15) is 9.59 Å². The number of nitrogens with one attached hydrogen (secondary N) is 1. The van der Waals surface area contributed by atoms with Gasteiger partial charge in [-0.1, -0.05) is 36.4 Å². The summed E-state index contributed by atoms with van der Waals surface area (Å²) in [6, 6.07) is 19.6. The molecule has 5 aromatic rings. The number of pyridine rings is 1. The Morgan fingerprint density at radius 3 is 2.38 bits per heavy atom. The molecule has 2 aromatic carbocycles. The van der Waals surface area contributed by atoms with Crippen LogP contribution in [0.2, 0.25) is 0 Å². The lowest BCUT2D eigenvalue weighted by atomic mass is 9.97. The molecule has 9 nitrogen and oxygen atoms in total. The van der Waals surface area contributed by atoms with E-state index in [1.807, 2.05) is 76.1 Å². The molecule has 0 bridgehead atoms. The maximum atomic E-state index is 13.4. The van der Waals surface area contributed by atoms with Gasteiger partial charge in [0.05, 0.1) is 47.3 Å². The Labute approximate surface area is 230 Å². The van der Waals surface area contributed by atoms with E-state index in [0.29, 0.717) is 28.9 Å². The Morgan fingerprint density at radius 1 is 0.825 bits per heavy atom. The molecule has 0 unspecified atom stereocenters. The molecular weight excluding hydrogens is 504 g/mol. The number of benzene rings is 2. The third-order valence-corrected chi connectivity index (χ3v) is 7.68. The zero-order chi connectivity index (χ0) is 27.1. The number of nitrogens with zero attached hydrogens (tertiary/aromatic N) is 5. The molecule has 7 rings (SSSR count). The maximum absolute atomic E-state index is 13.4. The van der Waals surface area contributed by atoms with E-state index < -0.39 is 11.8 Å². The lowest BCUT2D eigenvalue weighted by Gasteiger charge is -2.26. The summed E-state index contributed by atoms with van der Waals surface area (Å²) in [7, 11) is 0. The van der Waals surface area contributed by atoms with Crippen molar-refractivity contribution in [2.45, 2.75) is 13.0 Å². The van der Waals surface area contributed by atoms with Gasteiger partial charge in [0.1, 0.15) is 5.69 Å². The molecular formula is C31H28N6O3. The van der Waals surface area contributed by atoms with Gasteiger partial charge in [0.2, 0.25) is 0 Å². The highest BCUT2D eigenvalue weighted by Gasteiger charge is 2.36. The molecule has 3 aromatic heterocycles. The Balaban J connectivity index is 1.35. The first-order valence-corrected chi connectivity index (χ1v) is 13.6. The number of ether oxygens (including phenoxy) is 1. The second kappa shape index (κ2) is 10.2. The fraction of sp³-hybridized carbons (Fsp3) is 0.226. The first-order valence-electron chi connectivity index (χ1n) is 13.6. The molecule has 0 radical (unpaired) electrons. The molecule has 2 aliphatic rings. The minimum atomic E-state index is -0.429. The van der Waals surface area contributed by atoms with Crippen molar-refractivity contribution in [3.63, 3.8) is 0 Å². The molecule has 0 atom stereocenters. The highest BCUT2D eigenvalue weighted by molar-refractivity contribution is 6.50. The standard InChI is InChI=1S/C31H28N6O3/c38-30-27(24-20-36(21-7-5-12-32-19-21)25-10-3-1-8-22(24)25)28(31(39)33-30)29-23-9-2-4-11-26(23)37(34-29)14-6-13-35-15-17-40-18-16-35/h1-5,7-12,19-20H,6,13-18H2,(H,33,38,39). The van der Waals surface area contributed by atoms with E-state index in [-0.39, 0.29) is 0 Å². The summed E-state index contributed by atoms with van der Waals surface area (Å²) < 4.78 is 9.43. The fourth-order valence-corrected chi connectivity index (χ4v) is 5.78. The van der Waals surface area contributed by atoms with Crippen molar-refractivity contribution in [3.05, 3.63) is 90.5 Å². The summed E-state index contributed by atoms with van der Waals surface area (Å²) in [5.41, 5.74) is 4.59. The highest BCUT2D eigenvalue weighted by atomic mass is 16.5. The predicted molar refractivity (Wildman–Crippen MR) is 153 cm³/mol. The van der Waals surface area contributed by atoms with Crippen molar-refractivity contribution in [2.24, 2.45) is 0 Å². The maximum Gasteiger partial charge on any atom is 0.261 e. The second-order valence-corrected chi connectivity index (χ2v) is 10.1. The summed E-state index contributed by atoms with van der Waals surface area (Å²) >= 11 is 0. The van der Waals surface area contributed by atoms with Crippen LogP contribution in [0.3, 0.4) is 0 Å². The SMILES string of the molecule is O=C1NC(=O)C(c2nn(CCCN3CCOCC3)c3ccccc23)=C1c1cn(-c2cccnc2)c2ccccc12. The van der Waals surface area contributed by atoms with Crippen LogP contribution in [0.15, 0.2) is 79.3 Å². The van der Waals surface area contributed by atoms with E-state index in [1.165, 1.54) is 0 Å². The second-order valence-electron chi connectivity index (χ2n) is 10.1. The fourth-order valence-electron chi connectivity index (χ4n) is 5.78. The summed E-state index contributed by atoms with van der Waals surface area (Å²) in [5, 5.41) is 9.21. The molecule has 200 valence electrons. The van der Waals surface area contributed by atoms with Crippen molar-refractivity contribution >= 4 is 44.8 Å². The number of imide groups is 1. The van der Waals surface area contributed by atoms with Gasteiger partial charge < -0.3 is 9.30 Å². The van der Waals surface area contributed by atoms with Gasteiger partial charge in [-0.3, -0.25) is 29.5 Å². The van der Waals surface area contributed by atoms with Crippen molar-refractivity contribution in [2.75, 3.05) is 32.8 Å². The number of fused-ring (bicyclic) bond motifs is 2. The number of carbonyl (C=O) groups is 2. The molecule has 0 saturated carbocycles. The number of para-hydroxylation sites is 2. The van der Waals surface area contributed by atoms with Gasteiger partial charge in [0, 0.05) is 54.9 Å². The van der Waals surface area contributed by atoms with E-state index in [1.54, 1.807) is 12.4 Å². The molecule has 40 heavy (non-hydrogen) atoms. The normalized spacial score (nSPS) is 16.4. The average Bonchev–Trinajstić information content (AvgIpc) is 3.64. The van der Waals surface area contributed by atoms with Crippen LogP contribution >= 0.6 is 0 Å². The van der Waals surface area contributed by atoms with Crippen LogP contribution in [0.4, 0.5) is 0 Å². The van der Waals surface area contributed by atoms with Crippen LogP contribution in [0.5, 0.6) is 0 Å². The van der Waals surface area contributed by atoms with Gasteiger partial charge in [-0.2, -0.15) is 5.10 Å². The zero-order valence-corrected chi connectivity index (χ0v) is 21.9. The molecule has 2 amide bonds. The van der Waals surface area contributed by atoms with Crippen LogP contribution in [-0.2, 0) is 20.9 Å². The Kier molecular flexibility index (Phi) is 6.22. The minimum absolute atomic E-state index is 0.308. The van der Waals surface area contributed by atoms with Crippen LogP contribution in [0.25, 0.3) is 38.6 Å². The third kappa shape index (κ3) is 4.20. The molecule has 1 saturated heterocycles. The number of hydrogen-bond acceptors (Lipinski definition) is 6. The number of carbonyl (C=O) groups excluding carboxylic acids is 2. The van der Waals surface area contributed by atoms with E-state index in [2.05, 4.69) is 15.2 Å². The Hall–Kier alpha value is -4.60. The van der Waals surface area contributed by atoms with E-state index in [4.69, 9.17) is 9.84 Å². The summed E-state index contributed by atoms with van der Waals surface area (Å²) in [6.07, 6.45) is 6.33. The molecule has 1 fully saturated rings. The first kappa shape index (κ1) is 24.4. The Bertz CT molecular complexity index is 1780. The number of hydrogen-bond donors (Lipinski definition) is 1. The molecule has 0 spiro atoms. The number of morpholine rings is 1. The number of aryl methyl sites for hydroxylation is 1. The number of rotatable bonds is 7. The van der Waals surface area contributed by atoms with Gasteiger partial charge >= 0.3 is 0 Å².